The van der Waals surface area contributed by atoms with Crippen molar-refractivity contribution < 1.29 is 0 Å². The zero-order chi connectivity index (χ0) is 8.97. The molecular weight excluding hydrogens is 207 g/mol. The standard InChI is InChI=1S/C9H11ClN2.ClH/c1-2-3-9(11)7-4-5-12-6-8(7)10;/h2,4-6,9H,1,3,11H2;1H/t9-;/m1./s1. The second-order valence-electron chi connectivity index (χ2n) is 2.53. The lowest BCUT2D eigenvalue weighted by Crippen LogP contribution is -2.09. The van der Waals surface area contributed by atoms with E-state index in [1.807, 2.05) is 6.07 Å². The maximum Gasteiger partial charge on any atom is 0.0637 e. The second-order valence-corrected chi connectivity index (χ2v) is 2.94. The van der Waals surface area contributed by atoms with Crippen LogP contribution < -0.4 is 5.73 Å². The van der Waals surface area contributed by atoms with Crippen LogP contribution in [0.4, 0.5) is 0 Å². The summed E-state index contributed by atoms with van der Waals surface area (Å²) < 4.78 is 0. The average Bonchev–Trinajstić information content (AvgIpc) is 2.05. The predicted octanol–water partition coefficient (Wildman–Crippen LogP) is 2.73. The Bertz CT molecular complexity index is 276. The molecule has 2 nitrogen and oxygen atoms in total. The highest BCUT2D eigenvalue weighted by Crippen LogP contribution is 2.21. The van der Waals surface area contributed by atoms with Gasteiger partial charge < -0.3 is 5.73 Å². The number of nitrogens with two attached hydrogens (primary N) is 1. The summed E-state index contributed by atoms with van der Waals surface area (Å²) in [5.74, 6) is 0. The van der Waals surface area contributed by atoms with Gasteiger partial charge in [0, 0.05) is 18.4 Å². The van der Waals surface area contributed by atoms with Crippen molar-refractivity contribution in [2.75, 3.05) is 0 Å². The molecule has 0 saturated carbocycles. The first-order valence-corrected chi connectivity index (χ1v) is 4.09. The lowest BCUT2D eigenvalue weighted by atomic mass is 10.1. The van der Waals surface area contributed by atoms with E-state index in [0.717, 1.165) is 12.0 Å². The number of halogens is 2. The summed E-state index contributed by atoms with van der Waals surface area (Å²) in [7, 11) is 0. The molecule has 0 aliphatic carbocycles. The highest BCUT2D eigenvalue weighted by atomic mass is 35.5. The van der Waals surface area contributed by atoms with E-state index in [0.29, 0.717) is 5.02 Å². The van der Waals surface area contributed by atoms with E-state index in [9.17, 15) is 0 Å². The first-order valence-electron chi connectivity index (χ1n) is 3.71. The number of hydrogen-bond donors (Lipinski definition) is 1. The van der Waals surface area contributed by atoms with Crippen LogP contribution in [-0.2, 0) is 0 Å². The largest absolute Gasteiger partial charge is 0.324 e. The molecule has 0 saturated heterocycles. The highest BCUT2D eigenvalue weighted by Gasteiger charge is 2.07. The molecule has 0 bridgehead atoms. The molecule has 72 valence electrons. The molecule has 1 aromatic heterocycles. The number of aromatic nitrogens is 1. The molecule has 1 rings (SSSR count). The Morgan fingerprint density at radius 1 is 1.69 bits per heavy atom. The summed E-state index contributed by atoms with van der Waals surface area (Å²) in [6, 6.07) is 1.76. The van der Waals surface area contributed by atoms with E-state index in [1.54, 1.807) is 18.5 Å². The minimum atomic E-state index is -0.0713. The third-order valence-corrected chi connectivity index (χ3v) is 1.94. The minimum Gasteiger partial charge on any atom is -0.324 e. The third kappa shape index (κ3) is 3.35. The Kier molecular flexibility index (Phi) is 5.71. The molecule has 1 atom stereocenters. The summed E-state index contributed by atoms with van der Waals surface area (Å²) in [6.07, 6.45) is 5.79. The maximum atomic E-state index is 5.88. The van der Waals surface area contributed by atoms with Crippen molar-refractivity contribution in [3.05, 3.63) is 41.7 Å². The Balaban J connectivity index is 0.00000144. The van der Waals surface area contributed by atoms with Gasteiger partial charge in [-0.3, -0.25) is 4.98 Å². The van der Waals surface area contributed by atoms with Crippen LogP contribution >= 0.6 is 24.0 Å². The Morgan fingerprint density at radius 3 is 2.92 bits per heavy atom. The number of nitrogens with zero attached hydrogens (tertiary/aromatic N) is 1. The molecule has 0 radical (unpaired) electrons. The number of rotatable bonds is 3. The Morgan fingerprint density at radius 2 is 2.38 bits per heavy atom. The van der Waals surface area contributed by atoms with Crippen molar-refractivity contribution in [1.29, 1.82) is 0 Å². The van der Waals surface area contributed by atoms with E-state index in [2.05, 4.69) is 11.6 Å². The minimum absolute atomic E-state index is 0. The van der Waals surface area contributed by atoms with E-state index in [1.165, 1.54) is 0 Å². The highest BCUT2D eigenvalue weighted by molar-refractivity contribution is 6.31. The van der Waals surface area contributed by atoms with Crippen LogP contribution in [0.25, 0.3) is 0 Å². The first kappa shape index (κ1) is 12.4. The van der Waals surface area contributed by atoms with Gasteiger partial charge in [-0.1, -0.05) is 17.7 Å². The summed E-state index contributed by atoms with van der Waals surface area (Å²) in [5.41, 5.74) is 6.75. The van der Waals surface area contributed by atoms with Crippen molar-refractivity contribution in [3.8, 4) is 0 Å². The summed E-state index contributed by atoms with van der Waals surface area (Å²) in [5, 5.41) is 0.617. The lowest BCUT2D eigenvalue weighted by Gasteiger charge is -2.09. The van der Waals surface area contributed by atoms with Crippen LogP contribution in [0, 0.1) is 0 Å². The van der Waals surface area contributed by atoms with Gasteiger partial charge in [0.05, 0.1) is 5.02 Å². The molecule has 0 aromatic carbocycles. The second kappa shape index (κ2) is 5.97. The fourth-order valence-corrected chi connectivity index (χ4v) is 1.25. The van der Waals surface area contributed by atoms with Gasteiger partial charge in [0.2, 0.25) is 0 Å². The van der Waals surface area contributed by atoms with Gasteiger partial charge in [0.25, 0.3) is 0 Å². The third-order valence-electron chi connectivity index (χ3n) is 1.62. The van der Waals surface area contributed by atoms with E-state index < -0.39 is 0 Å². The van der Waals surface area contributed by atoms with Crippen LogP contribution in [0.5, 0.6) is 0 Å². The van der Waals surface area contributed by atoms with Crippen molar-refractivity contribution in [1.82, 2.24) is 4.98 Å². The molecule has 0 aliphatic rings. The van der Waals surface area contributed by atoms with Crippen molar-refractivity contribution in [2.24, 2.45) is 5.73 Å². The number of pyridine rings is 1. The summed E-state index contributed by atoms with van der Waals surface area (Å²) in [6.45, 7) is 3.62. The quantitative estimate of drug-likeness (QED) is 0.793. The summed E-state index contributed by atoms with van der Waals surface area (Å²) in [4.78, 5) is 3.87. The van der Waals surface area contributed by atoms with Gasteiger partial charge in [-0.15, -0.1) is 19.0 Å². The van der Waals surface area contributed by atoms with Crippen molar-refractivity contribution >= 4 is 24.0 Å². The van der Waals surface area contributed by atoms with E-state index >= 15 is 0 Å². The van der Waals surface area contributed by atoms with Gasteiger partial charge in [-0.2, -0.15) is 0 Å². The molecule has 13 heavy (non-hydrogen) atoms. The van der Waals surface area contributed by atoms with Crippen LogP contribution in [0.3, 0.4) is 0 Å². The van der Waals surface area contributed by atoms with Gasteiger partial charge in [0.15, 0.2) is 0 Å². The molecule has 1 heterocycles. The van der Waals surface area contributed by atoms with Crippen LogP contribution in [0.2, 0.25) is 5.02 Å². The van der Waals surface area contributed by atoms with Crippen molar-refractivity contribution in [3.63, 3.8) is 0 Å². The monoisotopic (exact) mass is 218 g/mol. The zero-order valence-corrected chi connectivity index (χ0v) is 8.68. The lowest BCUT2D eigenvalue weighted by molar-refractivity contribution is 0.740. The van der Waals surface area contributed by atoms with Gasteiger partial charge in [-0.05, 0) is 18.1 Å². The fraction of sp³-hybridized carbons (Fsp3) is 0.222. The molecule has 0 aliphatic heterocycles. The average molecular weight is 219 g/mol. The number of hydrogen-bond acceptors (Lipinski definition) is 2. The van der Waals surface area contributed by atoms with Crippen molar-refractivity contribution in [2.45, 2.75) is 12.5 Å². The predicted molar refractivity (Wildman–Crippen MR) is 58.2 cm³/mol. The Hall–Kier alpha value is -0.570. The summed E-state index contributed by atoms with van der Waals surface area (Å²) >= 11 is 5.88. The van der Waals surface area contributed by atoms with Crippen LogP contribution in [0.15, 0.2) is 31.1 Å². The fourth-order valence-electron chi connectivity index (χ4n) is 0.993. The first-order chi connectivity index (χ1) is 5.75. The smallest absolute Gasteiger partial charge is 0.0637 e. The van der Waals surface area contributed by atoms with E-state index in [-0.39, 0.29) is 18.4 Å². The molecule has 0 spiro atoms. The SMILES string of the molecule is C=CC[C@@H](N)c1ccncc1Cl.Cl. The van der Waals surface area contributed by atoms with Gasteiger partial charge >= 0.3 is 0 Å². The molecule has 0 unspecified atom stereocenters. The molecule has 0 fully saturated rings. The van der Waals surface area contributed by atoms with Crippen LogP contribution in [0.1, 0.15) is 18.0 Å². The molecule has 1 aromatic rings. The topological polar surface area (TPSA) is 38.9 Å². The van der Waals surface area contributed by atoms with E-state index in [4.69, 9.17) is 17.3 Å². The maximum absolute atomic E-state index is 5.88. The zero-order valence-electron chi connectivity index (χ0n) is 7.11. The molecule has 4 heteroatoms. The Labute approximate surface area is 89.2 Å². The molecular formula is C9H12Cl2N2. The van der Waals surface area contributed by atoms with Crippen LogP contribution in [-0.4, -0.2) is 4.98 Å². The normalized spacial score (nSPS) is 11.5. The molecule has 0 amide bonds. The molecule has 2 N–H and O–H groups in total. The van der Waals surface area contributed by atoms with Gasteiger partial charge in [0.1, 0.15) is 0 Å². The van der Waals surface area contributed by atoms with Gasteiger partial charge in [-0.25, -0.2) is 0 Å².